The van der Waals surface area contributed by atoms with E-state index in [0.29, 0.717) is 5.56 Å². The molecular weight excluding hydrogens is 337 g/mol. The highest BCUT2D eigenvalue weighted by molar-refractivity contribution is 7.49. The lowest BCUT2D eigenvalue weighted by molar-refractivity contribution is -0.120. The number of aliphatic hydroxyl groups is 2. The van der Waals surface area contributed by atoms with Crippen LogP contribution >= 0.6 is 7.75 Å². The number of phenolic OH excluding ortho intramolecular Hbond substituents is 1. The number of ketones is 1. The van der Waals surface area contributed by atoms with Gasteiger partial charge in [0.2, 0.25) is 0 Å². The Hall–Kier alpha value is -2.12. The molecule has 3 unspecified atom stereocenters. The third kappa shape index (κ3) is 4.24. The lowest BCUT2D eigenvalue weighted by Crippen LogP contribution is -2.38. The smallest absolute Gasteiger partial charge is 0.427 e. The molecule has 0 spiro atoms. The summed E-state index contributed by atoms with van der Waals surface area (Å²) in [6, 6.07) is 6.10. The van der Waals surface area contributed by atoms with Crippen LogP contribution in [0.15, 0.2) is 47.9 Å². The number of allylic oxidation sites excluding steroid dienone is 2. The summed E-state index contributed by atoms with van der Waals surface area (Å²) in [5.74, 6) is -3.08. The maximum atomic E-state index is 12.2. The van der Waals surface area contributed by atoms with Gasteiger partial charge < -0.3 is 25.1 Å². The van der Waals surface area contributed by atoms with Gasteiger partial charge in [-0.2, -0.15) is 0 Å². The van der Waals surface area contributed by atoms with Gasteiger partial charge in [-0.15, -0.1) is 0 Å². The summed E-state index contributed by atoms with van der Waals surface area (Å²) in [5, 5.41) is 31.5. The number of phenols is 1. The SMILES string of the molecule is CC(c1cccc(O)c1)C(O)C1C(=O)C=C(O)C=C1NP(=O)(O)O. The Morgan fingerprint density at radius 3 is 2.46 bits per heavy atom. The monoisotopic (exact) mass is 355 g/mol. The number of aromatic hydroxyl groups is 1. The third-order valence-corrected chi connectivity index (χ3v) is 4.31. The topological polar surface area (TPSA) is 147 Å². The van der Waals surface area contributed by atoms with Crippen LogP contribution in [-0.2, 0) is 9.36 Å². The molecule has 8 nitrogen and oxygen atoms in total. The van der Waals surface area contributed by atoms with Gasteiger partial charge in [0.15, 0.2) is 5.78 Å². The molecule has 2 rings (SSSR count). The average Bonchev–Trinajstić information content (AvgIpc) is 2.43. The maximum Gasteiger partial charge on any atom is 0.427 e. The number of carbonyl (C=O) groups excluding carboxylic acids is 1. The number of hydrogen-bond acceptors (Lipinski definition) is 5. The van der Waals surface area contributed by atoms with Crippen LogP contribution in [0.4, 0.5) is 0 Å². The molecule has 0 bridgehead atoms. The van der Waals surface area contributed by atoms with Crippen LogP contribution in [0.5, 0.6) is 5.75 Å². The van der Waals surface area contributed by atoms with E-state index >= 15 is 0 Å². The second-order valence-corrected chi connectivity index (χ2v) is 6.89. The Balaban J connectivity index is 2.34. The Labute approximate surface area is 138 Å². The molecule has 3 atom stereocenters. The second-order valence-electron chi connectivity index (χ2n) is 5.58. The van der Waals surface area contributed by atoms with Crippen molar-refractivity contribution in [1.29, 1.82) is 0 Å². The molecular formula is C15H18NO7P. The van der Waals surface area contributed by atoms with Crippen molar-refractivity contribution in [2.24, 2.45) is 5.92 Å². The lowest BCUT2D eigenvalue weighted by atomic mass is 9.81. The van der Waals surface area contributed by atoms with Gasteiger partial charge in [-0.3, -0.25) is 9.88 Å². The summed E-state index contributed by atoms with van der Waals surface area (Å²) >= 11 is 0. The average molecular weight is 355 g/mol. The molecule has 24 heavy (non-hydrogen) atoms. The largest absolute Gasteiger partial charge is 0.508 e. The fourth-order valence-electron chi connectivity index (χ4n) is 2.60. The van der Waals surface area contributed by atoms with E-state index in [1.165, 1.54) is 12.1 Å². The minimum atomic E-state index is -4.73. The quantitative estimate of drug-likeness (QED) is 0.430. The van der Waals surface area contributed by atoms with Gasteiger partial charge in [0.1, 0.15) is 11.5 Å². The first-order valence-electron chi connectivity index (χ1n) is 7.05. The van der Waals surface area contributed by atoms with Gasteiger partial charge in [0.05, 0.1) is 12.0 Å². The van der Waals surface area contributed by atoms with Gasteiger partial charge in [-0.25, -0.2) is 4.57 Å². The van der Waals surface area contributed by atoms with Gasteiger partial charge >= 0.3 is 7.75 Å². The lowest BCUT2D eigenvalue weighted by Gasteiger charge is -2.30. The van der Waals surface area contributed by atoms with Crippen LogP contribution in [-0.4, -0.2) is 37.0 Å². The summed E-state index contributed by atoms with van der Waals surface area (Å²) in [7, 11) is -4.73. The van der Waals surface area contributed by atoms with E-state index in [1.54, 1.807) is 19.1 Å². The van der Waals surface area contributed by atoms with Crippen molar-refractivity contribution < 1.29 is 34.5 Å². The summed E-state index contributed by atoms with van der Waals surface area (Å²) in [4.78, 5) is 30.3. The first kappa shape index (κ1) is 18.2. The second kappa shape index (κ2) is 6.78. The summed E-state index contributed by atoms with van der Waals surface area (Å²) in [6.45, 7) is 1.61. The standard InChI is InChI=1S/C15H18NO7P/c1-8(9-3-2-4-10(17)5-9)15(20)14-12(16-24(21,22)23)6-11(18)7-13(14)19/h2-8,14-15,17-18,20H,1H3,(H3,16,21,22,23). The Morgan fingerprint density at radius 1 is 1.21 bits per heavy atom. The molecule has 0 amide bonds. The number of nitrogens with one attached hydrogen (secondary N) is 1. The van der Waals surface area contributed by atoms with Crippen LogP contribution in [0, 0.1) is 5.92 Å². The molecule has 0 heterocycles. The zero-order valence-electron chi connectivity index (χ0n) is 12.7. The van der Waals surface area contributed by atoms with Gasteiger partial charge in [-0.05, 0) is 17.7 Å². The van der Waals surface area contributed by atoms with Crippen LogP contribution < -0.4 is 5.09 Å². The van der Waals surface area contributed by atoms with Gasteiger partial charge in [-0.1, -0.05) is 19.1 Å². The molecule has 0 saturated carbocycles. The predicted molar refractivity (Wildman–Crippen MR) is 85.0 cm³/mol. The van der Waals surface area contributed by atoms with Crippen LogP contribution in [0.1, 0.15) is 18.4 Å². The highest BCUT2D eigenvalue weighted by atomic mass is 31.2. The van der Waals surface area contributed by atoms with E-state index in [9.17, 15) is 24.7 Å². The molecule has 0 fully saturated rings. The molecule has 0 radical (unpaired) electrons. The van der Waals surface area contributed by atoms with Crippen molar-refractivity contribution in [3.05, 3.63) is 53.4 Å². The molecule has 1 aromatic rings. The van der Waals surface area contributed by atoms with Crippen LogP contribution in [0.3, 0.4) is 0 Å². The molecule has 1 aliphatic rings. The molecule has 9 heteroatoms. The first-order valence-corrected chi connectivity index (χ1v) is 8.66. The van der Waals surface area contributed by atoms with E-state index in [4.69, 9.17) is 9.79 Å². The van der Waals surface area contributed by atoms with Crippen LogP contribution in [0.2, 0.25) is 0 Å². The number of aliphatic hydroxyl groups excluding tert-OH is 2. The molecule has 1 aliphatic carbocycles. The molecule has 0 saturated heterocycles. The first-order chi connectivity index (χ1) is 11.1. The van der Waals surface area contributed by atoms with Crippen molar-refractivity contribution in [2.45, 2.75) is 18.9 Å². The number of rotatable bonds is 5. The van der Waals surface area contributed by atoms with E-state index in [-0.39, 0.29) is 11.4 Å². The van der Waals surface area contributed by atoms with Gasteiger partial charge in [0.25, 0.3) is 0 Å². The normalized spacial score (nSPS) is 20.8. The fraction of sp³-hybridized carbons (Fsp3) is 0.267. The third-order valence-electron chi connectivity index (χ3n) is 3.76. The number of carbonyl (C=O) groups is 1. The Morgan fingerprint density at radius 2 is 1.88 bits per heavy atom. The van der Waals surface area contributed by atoms with Crippen molar-refractivity contribution in [1.82, 2.24) is 5.09 Å². The zero-order valence-corrected chi connectivity index (χ0v) is 13.6. The fourth-order valence-corrected chi connectivity index (χ4v) is 3.14. The minimum absolute atomic E-state index is 0.0110. The van der Waals surface area contributed by atoms with Crippen LogP contribution in [0.25, 0.3) is 0 Å². The van der Waals surface area contributed by atoms with E-state index in [1.807, 2.05) is 5.09 Å². The van der Waals surface area contributed by atoms with Crippen molar-refractivity contribution in [3.8, 4) is 5.75 Å². The highest BCUT2D eigenvalue weighted by Crippen LogP contribution is 2.37. The van der Waals surface area contributed by atoms with E-state index < -0.39 is 37.2 Å². The number of benzene rings is 1. The molecule has 0 aliphatic heterocycles. The van der Waals surface area contributed by atoms with E-state index in [2.05, 4.69) is 0 Å². The van der Waals surface area contributed by atoms with Crippen molar-refractivity contribution in [3.63, 3.8) is 0 Å². The van der Waals surface area contributed by atoms with E-state index in [0.717, 1.165) is 12.2 Å². The maximum absolute atomic E-state index is 12.2. The Kier molecular flexibility index (Phi) is 5.15. The molecule has 130 valence electrons. The minimum Gasteiger partial charge on any atom is -0.508 e. The zero-order chi connectivity index (χ0) is 18.1. The predicted octanol–water partition coefficient (Wildman–Crippen LogP) is 1.06. The summed E-state index contributed by atoms with van der Waals surface area (Å²) < 4.78 is 11.2. The Bertz CT molecular complexity index is 752. The molecule has 1 aromatic carbocycles. The highest BCUT2D eigenvalue weighted by Gasteiger charge is 2.37. The summed E-state index contributed by atoms with van der Waals surface area (Å²) in [6.07, 6.45) is 0.534. The molecule has 0 aromatic heterocycles. The number of hydrogen-bond donors (Lipinski definition) is 6. The molecule has 6 N–H and O–H groups in total. The summed E-state index contributed by atoms with van der Waals surface area (Å²) in [5.41, 5.74) is 0.275. The van der Waals surface area contributed by atoms with Crippen molar-refractivity contribution in [2.75, 3.05) is 0 Å². The van der Waals surface area contributed by atoms with Gasteiger partial charge in [0, 0.05) is 23.8 Å². The van der Waals surface area contributed by atoms with Crippen molar-refractivity contribution >= 4 is 13.5 Å².